The third kappa shape index (κ3) is 5.69. The van der Waals surface area contributed by atoms with E-state index in [1.807, 2.05) is 11.8 Å². The summed E-state index contributed by atoms with van der Waals surface area (Å²) >= 11 is 3.61. The zero-order valence-corrected chi connectivity index (χ0v) is 17.4. The van der Waals surface area contributed by atoms with Crippen molar-refractivity contribution in [3.63, 3.8) is 0 Å². The van der Waals surface area contributed by atoms with Crippen molar-refractivity contribution in [3.05, 3.63) is 52.7 Å². The number of fused-ring (bicyclic) bond motifs is 2. The molecule has 1 aromatic carbocycles. The first-order valence-corrected chi connectivity index (χ1v) is 10.7. The monoisotopic (exact) mass is 431 g/mol. The van der Waals surface area contributed by atoms with Gasteiger partial charge in [0.15, 0.2) is 0 Å². The van der Waals surface area contributed by atoms with Gasteiger partial charge in [-0.05, 0) is 19.2 Å². The molecule has 152 valence electrons. The molecule has 2 N–H and O–H groups in total. The van der Waals surface area contributed by atoms with Crippen LogP contribution in [0.3, 0.4) is 0 Å². The third-order valence-corrected chi connectivity index (χ3v) is 6.37. The number of aliphatic imine (C=N–C) groups is 1. The molecule has 1 fully saturated rings. The van der Waals surface area contributed by atoms with Crippen LogP contribution < -0.4 is 0 Å². The normalized spacial score (nSPS) is 16.2. The number of hydrogen-bond acceptors (Lipinski definition) is 7. The average molecular weight is 432 g/mol. The number of piperazine rings is 1. The van der Waals surface area contributed by atoms with Gasteiger partial charge in [0.05, 0.1) is 5.69 Å². The number of amidine groups is 1. The molecule has 3 heterocycles. The van der Waals surface area contributed by atoms with E-state index in [-0.39, 0.29) is 0 Å². The second-order valence-electron chi connectivity index (χ2n) is 6.46. The maximum Gasteiger partial charge on any atom is 0.328 e. The van der Waals surface area contributed by atoms with Crippen molar-refractivity contribution >= 4 is 46.6 Å². The van der Waals surface area contributed by atoms with Crippen molar-refractivity contribution in [1.29, 1.82) is 0 Å². The van der Waals surface area contributed by atoms with Crippen molar-refractivity contribution in [2.45, 2.75) is 9.79 Å². The summed E-state index contributed by atoms with van der Waals surface area (Å²) in [5.74, 6) is -1.36. The molecule has 1 aromatic heterocycles. The fourth-order valence-electron chi connectivity index (χ4n) is 2.86. The minimum absolute atomic E-state index is 0.558. The second kappa shape index (κ2) is 9.73. The number of carboxylic acid groups (broad SMARTS) is 2. The Morgan fingerprint density at radius 2 is 1.66 bits per heavy atom. The fourth-order valence-corrected chi connectivity index (χ4v) is 4.84. The first-order valence-electron chi connectivity index (χ1n) is 8.93. The Morgan fingerprint density at radius 1 is 1.00 bits per heavy atom. The number of para-hydroxylation sites is 1. The summed E-state index contributed by atoms with van der Waals surface area (Å²) in [4.78, 5) is 31.5. The molecule has 0 atom stereocenters. The summed E-state index contributed by atoms with van der Waals surface area (Å²) in [7, 11) is 2.19. The summed E-state index contributed by atoms with van der Waals surface area (Å²) in [6, 6.07) is 8.45. The number of likely N-dealkylation sites (N-methyl/N-ethyl adjacent to an activating group) is 1. The van der Waals surface area contributed by atoms with Crippen LogP contribution in [0.4, 0.5) is 5.69 Å². The van der Waals surface area contributed by atoms with E-state index in [1.54, 1.807) is 11.3 Å². The fraction of sp³-hybridized carbons (Fsp3) is 0.250. The molecule has 7 nitrogen and oxygen atoms in total. The van der Waals surface area contributed by atoms with Crippen LogP contribution in [0.5, 0.6) is 0 Å². The van der Waals surface area contributed by atoms with Gasteiger partial charge in [0.25, 0.3) is 0 Å². The van der Waals surface area contributed by atoms with E-state index in [1.165, 1.54) is 15.4 Å². The highest BCUT2D eigenvalue weighted by Gasteiger charge is 2.24. The van der Waals surface area contributed by atoms with Crippen LogP contribution in [-0.4, -0.2) is 71.0 Å². The molecule has 2 aliphatic rings. The molecular formula is C20H21N3O4S2. The quantitative estimate of drug-likeness (QED) is 0.705. The van der Waals surface area contributed by atoms with Crippen molar-refractivity contribution in [1.82, 2.24) is 9.80 Å². The Hall–Kier alpha value is -2.62. The molecule has 0 unspecified atom stereocenters. The van der Waals surface area contributed by atoms with Gasteiger partial charge >= 0.3 is 11.9 Å². The van der Waals surface area contributed by atoms with Crippen molar-refractivity contribution in [2.24, 2.45) is 4.99 Å². The Kier molecular flexibility index (Phi) is 7.08. The lowest BCUT2D eigenvalue weighted by Crippen LogP contribution is -2.47. The molecule has 2 aliphatic heterocycles. The Labute approximate surface area is 177 Å². The summed E-state index contributed by atoms with van der Waals surface area (Å²) < 4.78 is 0. The lowest BCUT2D eigenvalue weighted by molar-refractivity contribution is -0.134. The lowest BCUT2D eigenvalue weighted by atomic mass is 10.2. The minimum Gasteiger partial charge on any atom is -0.478 e. The van der Waals surface area contributed by atoms with E-state index < -0.39 is 11.9 Å². The van der Waals surface area contributed by atoms with E-state index >= 15 is 0 Å². The standard InChI is InChI=1S/C16H17N3S2.C4H4O4/c1-18-6-8-19(9-7-18)16-12-10-20-11-15(12)21-14-5-3-2-4-13(14)17-16;5-3(6)1-2-4(7)8/h2-5,10-11H,6-9H2,1H3;1-2H,(H,5,6)(H,7,8). The molecular weight excluding hydrogens is 410 g/mol. The molecule has 2 aromatic rings. The summed E-state index contributed by atoms with van der Waals surface area (Å²) in [5, 5.41) is 20.1. The molecule has 0 aliphatic carbocycles. The number of nitrogens with zero attached hydrogens (tertiary/aromatic N) is 3. The predicted molar refractivity (Wildman–Crippen MR) is 115 cm³/mol. The molecule has 0 radical (unpaired) electrons. The minimum atomic E-state index is -1.26. The van der Waals surface area contributed by atoms with Crippen molar-refractivity contribution < 1.29 is 19.8 Å². The first kappa shape index (κ1) is 21.1. The van der Waals surface area contributed by atoms with E-state index in [0.717, 1.165) is 37.7 Å². The topological polar surface area (TPSA) is 93.4 Å². The molecule has 9 heteroatoms. The second-order valence-corrected chi connectivity index (χ2v) is 8.28. The third-order valence-electron chi connectivity index (χ3n) is 4.35. The zero-order chi connectivity index (χ0) is 20.8. The molecule has 0 amide bonds. The average Bonchev–Trinajstić information content (AvgIpc) is 3.09. The molecule has 0 saturated carbocycles. The van der Waals surface area contributed by atoms with Gasteiger partial charge in [-0.2, -0.15) is 11.3 Å². The van der Waals surface area contributed by atoms with E-state index in [2.05, 4.69) is 51.9 Å². The first-order chi connectivity index (χ1) is 13.9. The van der Waals surface area contributed by atoms with Gasteiger partial charge in [0.2, 0.25) is 0 Å². The van der Waals surface area contributed by atoms with Crippen LogP contribution in [0.15, 0.2) is 62.0 Å². The summed E-state index contributed by atoms with van der Waals surface area (Å²) in [6.45, 7) is 4.31. The maximum atomic E-state index is 9.55. The highest BCUT2D eigenvalue weighted by molar-refractivity contribution is 7.99. The molecule has 0 bridgehead atoms. The van der Waals surface area contributed by atoms with Gasteiger partial charge in [-0.1, -0.05) is 23.9 Å². The SMILES string of the molecule is CN1CCN(C2=Nc3ccccc3Sc3cscc32)CC1.O=C(O)C=CC(=O)O. The van der Waals surface area contributed by atoms with Gasteiger partial charge in [-0.15, -0.1) is 0 Å². The van der Waals surface area contributed by atoms with Crippen LogP contribution >= 0.6 is 23.1 Å². The van der Waals surface area contributed by atoms with Crippen molar-refractivity contribution in [3.8, 4) is 0 Å². The Balaban J connectivity index is 0.000000258. The van der Waals surface area contributed by atoms with Crippen LogP contribution in [-0.2, 0) is 9.59 Å². The van der Waals surface area contributed by atoms with E-state index in [4.69, 9.17) is 15.2 Å². The van der Waals surface area contributed by atoms with E-state index in [9.17, 15) is 9.59 Å². The van der Waals surface area contributed by atoms with Gasteiger partial charge in [0.1, 0.15) is 5.84 Å². The number of benzene rings is 1. The highest BCUT2D eigenvalue weighted by Crippen LogP contribution is 2.41. The van der Waals surface area contributed by atoms with Crippen LogP contribution in [0.2, 0.25) is 0 Å². The largest absolute Gasteiger partial charge is 0.478 e. The summed E-state index contributed by atoms with van der Waals surface area (Å²) in [6.07, 6.45) is 1.12. The van der Waals surface area contributed by atoms with Crippen LogP contribution in [0.25, 0.3) is 0 Å². The molecule has 0 spiro atoms. The zero-order valence-electron chi connectivity index (χ0n) is 15.8. The predicted octanol–water partition coefficient (Wildman–Crippen LogP) is 3.25. The lowest BCUT2D eigenvalue weighted by Gasteiger charge is -2.34. The molecule has 4 rings (SSSR count). The highest BCUT2D eigenvalue weighted by atomic mass is 32.2. The smallest absolute Gasteiger partial charge is 0.328 e. The maximum absolute atomic E-state index is 9.55. The molecule has 1 saturated heterocycles. The van der Waals surface area contributed by atoms with Gasteiger partial charge in [0, 0.05) is 64.4 Å². The molecule has 29 heavy (non-hydrogen) atoms. The van der Waals surface area contributed by atoms with Gasteiger partial charge < -0.3 is 20.0 Å². The number of rotatable bonds is 2. The number of carbonyl (C=O) groups is 2. The Bertz CT molecular complexity index is 931. The number of aliphatic carboxylic acids is 2. The van der Waals surface area contributed by atoms with Gasteiger partial charge in [-0.3, -0.25) is 0 Å². The van der Waals surface area contributed by atoms with Crippen LogP contribution in [0, 0.1) is 0 Å². The van der Waals surface area contributed by atoms with Crippen molar-refractivity contribution in [2.75, 3.05) is 33.2 Å². The number of thiophene rings is 1. The number of carboxylic acids is 2. The summed E-state index contributed by atoms with van der Waals surface area (Å²) in [5.41, 5.74) is 2.39. The van der Waals surface area contributed by atoms with E-state index in [0.29, 0.717) is 12.2 Å². The van der Waals surface area contributed by atoms with Crippen LogP contribution in [0.1, 0.15) is 5.56 Å². The van der Waals surface area contributed by atoms with Gasteiger partial charge in [-0.25, -0.2) is 14.6 Å². The Morgan fingerprint density at radius 3 is 2.31 bits per heavy atom. The number of hydrogen-bond donors (Lipinski definition) is 2.